The number of thioether (sulfide) groups is 1. The van der Waals surface area contributed by atoms with Crippen molar-refractivity contribution < 1.29 is 4.21 Å². The van der Waals surface area contributed by atoms with Gasteiger partial charge in [0, 0.05) is 47.2 Å². The smallest absolute Gasteiger partial charge is 0.191 e. The van der Waals surface area contributed by atoms with Gasteiger partial charge in [0.1, 0.15) is 0 Å². The normalized spacial score (nSPS) is 22.3. The van der Waals surface area contributed by atoms with Gasteiger partial charge in [-0.3, -0.25) is 9.20 Å². The zero-order chi connectivity index (χ0) is 17.2. The Morgan fingerprint density at radius 3 is 2.83 bits per heavy atom. The maximum atomic E-state index is 12.1. The molecule has 134 valence electrons. The number of guanidine groups is 1. The zero-order valence-corrected chi connectivity index (χ0v) is 16.3. The van der Waals surface area contributed by atoms with Gasteiger partial charge in [0.05, 0.1) is 0 Å². The molecule has 1 aromatic carbocycles. The predicted octanol–water partition coefficient (Wildman–Crippen LogP) is 2.77. The van der Waals surface area contributed by atoms with Gasteiger partial charge in [-0.2, -0.15) is 11.8 Å². The highest BCUT2D eigenvalue weighted by Crippen LogP contribution is 2.29. The molecule has 2 N–H and O–H groups in total. The maximum Gasteiger partial charge on any atom is 0.191 e. The molecule has 6 heteroatoms. The standard InChI is InChI=1S/C18H29N3OS2/c1-3-23-17-10-9-16(13-17)21-18(19-2)20-11-12-24(22)14-15-7-5-4-6-8-15/h4-8,16-17H,3,9-14H2,1-2H3,(H2,19,20,21). The molecular formula is C18H29N3OS2. The number of aliphatic imine (C=N–C) groups is 1. The van der Waals surface area contributed by atoms with Gasteiger partial charge in [-0.05, 0) is 30.6 Å². The van der Waals surface area contributed by atoms with Gasteiger partial charge in [0.2, 0.25) is 0 Å². The molecule has 0 spiro atoms. The molecule has 3 atom stereocenters. The summed E-state index contributed by atoms with van der Waals surface area (Å²) in [6.07, 6.45) is 3.70. The molecule has 0 bridgehead atoms. The summed E-state index contributed by atoms with van der Waals surface area (Å²) in [5.74, 6) is 3.28. The Kier molecular flexibility index (Phi) is 8.67. The Hall–Kier alpha value is -1.01. The zero-order valence-electron chi connectivity index (χ0n) is 14.7. The summed E-state index contributed by atoms with van der Waals surface area (Å²) in [6.45, 7) is 2.90. The van der Waals surface area contributed by atoms with Crippen LogP contribution in [0.1, 0.15) is 31.7 Å². The van der Waals surface area contributed by atoms with Crippen molar-refractivity contribution in [3.05, 3.63) is 35.9 Å². The van der Waals surface area contributed by atoms with Crippen molar-refractivity contribution >= 4 is 28.5 Å². The van der Waals surface area contributed by atoms with Gasteiger partial charge in [-0.25, -0.2) is 0 Å². The van der Waals surface area contributed by atoms with E-state index in [0.717, 1.165) is 16.8 Å². The van der Waals surface area contributed by atoms with E-state index in [0.29, 0.717) is 24.1 Å². The lowest BCUT2D eigenvalue weighted by Gasteiger charge is -2.17. The minimum Gasteiger partial charge on any atom is -0.355 e. The lowest BCUT2D eigenvalue weighted by Crippen LogP contribution is -2.43. The molecule has 1 fully saturated rings. The Bertz CT molecular complexity index is 536. The highest BCUT2D eigenvalue weighted by atomic mass is 32.2. The highest BCUT2D eigenvalue weighted by molar-refractivity contribution is 7.99. The van der Waals surface area contributed by atoms with E-state index >= 15 is 0 Å². The summed E-state index contributed by atoms with van der Waals surface area (Å²) in [5, 5.41) is 7.58. The summed E-state index contributed by atoms with van der Waals surface area (Å²) >= 11 is 2.06. The molecule has 1 aromatic rings. The van der Waals surface area contributed by atoms with Gasteiger partial charge in [-0.15, -0.1) is 0 Å². The van der Waals surface area contributed by atoms with Crippen LogP contribution in [0.3, 0.4) is 0 Å². The van der Waals surface area contributed by atoms with Gasteiger partial charge >= 0.3 is 0 Å². The van der Waals surface area contributed by atoms with E-state index in [-0.39, 0.29) is 0 Å². The topological polar surface area (TPSA) is 53.5 Å². The predicted molar refractivity (Wildman–Crippen MR) is 107 cm³/mol. The summed E-state index contributed by atoms with van der Waals surface area (Å²) in [4.78, 5) is 4.29. The van der Waals surface area contributed by atoms with Crippen LogP contribution in [0.2, 0.25) is 0 Å². The fourth-order valence-corrected chi connectivity index (χ4v) is 5.14. The summed E-state index contributed by atoms with van der Waals surface area (Å²) in [7, 11) is 0.945. The Labute approximate surface area is 152 Å². The molecule has 0 saturated heterocycles. The molecule has 0 aromatic heterocycles. The SMILES string of the molecule is CCSC1CCC(NC(=NC)NCCS(=O)Cc2ccccc2)C1. The molecule has 24 heavy (non-hydrogen) atoms. The van der Waals surface area contributed by atoms with Crippen LogP contribution in [0, 0.1) is 0 Å². The molecule has 0 heterocycles. The monoisotopic (exact) mass is 367 g/mol. The van der Waals surface area contributed by atoms with Crippen molar-refractivity contribution in [1.82, 2.24) is 10.6 Å². The average molecular weight is 368 g/mol. The van der Waals surface area contributed by atoms with Crippen molar-refractivity contribution in [2.24, 2.45) is 4.99 Å². The third kappa shape index (κ3) is 6.85. The summed E-state index contributed by atoms with van der Waals surface area (Å²) in [6, 6.07) is 10.5. The van der Waals surface area contributed by atoms with E-state index in [1.807, 2.05) is 30.3 Å². The van der Waals surface area contributed by atoms with Crippen LogP contribution in [0.25, 0.3) is 0 Å². The molecule has 2 rings (SSSR count). The lowest BCUT2D eigenvalue weighted by atomic mass is 10.2. The number of rotatable bonds is 8. The quantitative estimate of drug-likeness (QED) is 0.548. The molecule has 0 radical (unpaired) electrons. The number of nitrogens with one attached hydrogen (secondary N) is 2. The maximum absolute atomic E-state index is 12.1. The molecule has 1 saturated carbocycles. The van der Waals surface area contributed by atoms with Crippen LogP contribution in [-0.4, -0.2) is 46.6 Å². The molecule has 3 unspecified atom stereocenters. The van der Waals surface area contributed by atoms with Gasteiger partial charge in [0.15, 0.2) is 5.96 Å². The van der Waals surface area contributed by atoms with Crippen molar-refractivity contribution in [3.8, 4) is 0 Å². The molecule has 0 aliphatic heterocycles. The third-order valence-corrected chi connectivity index (χ3v) is 6.69. The van der Waals surface area contributed by atoms with E-state index < -0.39 is 10.8 Å². The lowest BCUT2D eigenvalue weighted by molar-refractivity contribution is 0.617. The molecule has 1 aliphatic carbocycles. The van der Waals surface area contributed by atoms with Crippen LogP contribution in [0.15, 0.2) is 35.3 Å². The van der Waals surface area contributed by atoms with Crippen molar-refractivity contribution in [3.63, 3.8) is 0 Å². The van der Waals surface area contributed by atoms with E-state index in [1.54, 1.807) is 7.05 Å². The second kappa shape index (κ2) is 10.8. The van der Waals surface area contributed by atoms with Crippen LogP contribution in [0.5, 0.6) is 0 Å². The van der Waals surface area contributed by atoms with Gasteiger partial charge in [-0.1, -0.05) is 37.3 Å². The van der Waals surface area contributed by atoms with Crippen molar-refractivity contribution in [1.29, 1.82) is 0 Å². The first-order valence-electron chi connectivity index (χ1n) is 8.69. The van der Waals surface area contributed by atoms with Crippen LogP contribution in [0.4, 0.5) is 0 Å². The van der Waals surface area contributed by atoms with E-state index in [2.05, 4.69) is 34.3 Å². The summed E-state index contributed by atoms with van der Waals surface area (Å²) in [5.41, 5.74) is 1.13. The highest BCUT2D eigenvalue weighted by Gasteiger charge is 2.24. The van der Waals surface area contributed by atoms with Crippen LogP contribution < -0.4 is 10.6 Å². The van der Waals surface area contributed by atoms with Gasteiger partial charge < -0.3 is 10.6 Å². The number of nitrogens with zero attached hydrogens (tertiary/aromatic N) is 1. The largest absolute Gasteiger partial charge is 0.355 e. The number of hydrogen-bond acceptors (Lipinski definition) is 3. The number of benzene rings is 1. The fourth-order valence-electron chi connectivity index (χ4n) is 2.96. The van der Waals surface area contributed by atoms with Gasteiger partial charge in [0.25, 0.3) is 0 Å². The van der Waals surface area contributed by atoms with E-state index in [9.17, 15) is 4.21 Å². The Balaban J connectivity index is 1.66. The van der Waals surface area contributed by atoms with Crippen LogP contribution >= 0.6 is 11.8 Å². The number of hydrogen-bond donors (Lipinski definition) is 2. The first-order chi connectivity index (χ1) is 11.7. The first-order valence-corrected chi connectivity index (χ1v) is 11.2. The molecule has 4 nitrogen and oxygen atoms in total. The average Bonchev–Trinajstić information content (AvgIpc) is 3.02. The third-order valence-electron chi connectivity index (χ3n) is 4.14. The van der Waals surface area contributed by atoms with Crippen LogP contribution in [-0.2, 0) is 16.6 Å². The summed E-state index contributed by atoms with van der Waals surface area (Å²) < 4.78 is 12.1. The molecule has 1 aliphatic rings. The van der Waals surface area contributed by atoms with Crippen molar-refractivity contribution in [2.75, 3.05) is 25.1 Å². The van der Waals surface area contributed by atoms with E-state index in [4.69, 9.17) is 0 Å². The first kappa shape index (κ1) is 19.3. The van der Waals surface area contributed by atoms with Crippen molar-refractivity contribution in [2.45, 2.75) is 43.2 Å². The minimum absolute atomic E-state index is 0.509. The fraction of sp³-hybridized carbons (Fsp3) is 0.611. The second-order valence-corrected chi connectivity index (χ2v) is 9.16. The molecular weight excluding hydrogens is 338 g/mol. The Morgan fingerprint density at radius 1 is 1.33 bits per heavy atom. The minimum atomic E-state index is -0.850. The second-order valence-electron chi connectivity index (χ2n) is 6.00. The Morgan fingerprint density at radius 2 is 2.12 bits per heavy atom. The molecule has 0 amide bonds. The van der Waals surface area contributed by atoms with E-state index in [1.165, 1.54) is 25.0 Å².